The second kappa shape index (κ2) is 6.48. The van der Waals surface area contributed by atoms with Crippen molar-refractivity contribution < 1.29 is 14.3 Å². The van der Waals surface area contributed by atoms with Crippen LogP contribution < -0.4 is 5.32 Å². The van der Waals surface area contributed by atoms with Crippen molar-refractivity contribution >= 4 is 11.7 Å². The van der Waals surface area contributed by atoms with Gasteiger partial charge < -0.3 is 10.1 Å². The molecule has 0 aromatic carbocycles. The molecule has 1 heterocycles. The smallest absolute Gasteiger partial charge is 0.234 e. The highest BCUT2D eigenvalue weighted by Crippen LogP contribution is 2.18. The summed E-state index contributed by atoms with van der Waals surface area (Å²) in [6.45, 7) is 11.8. The van der Waals surface area contributed by atoms with E-state index in [1.54, 1.807) is 0 Å². The van der Waals surface area contributed by atoms with E-state index in [9.17, 15) is 9.59 Å². The Bertz CT molecular complexity index is 340. The molecular formula is C14H26N2O3. The molecule has 0 radical (unpaired) electrons. The predicted molar refractivity (Wildman–Crippen MR) is 73.9 cm³/mol. The Morgan fingerprint density at radius 2 is 2.00 bits per heavy atom. The fourth-order valence-electron chi connectivity index (χ4n) is 2.31. The van der Waals surface area contributed by atoms with Gasteiger partial charge in [-0.3, -0.25) is 14.5 Å². The van der Waals surface area contributed by atoms with Crippen molar-refractivity contribution in [3.05, 3.63) is 0 Å². The fourth-order valence-corrected chi connectivity index (χ4v) is 2.31. The predicted octanol–water partition coefficient (Wildman–Crippen LogP) is 0.827. The van der Waals surface area contributed by atoms with Gasteiger partial charge in [0.05, 0.1) is 25.8 Å². The van der Waals surface area contributed by atoms with Crippen molar-refractivity contribution in [1.82, 2.24) is 10.2 Å². The molecule has 1 aliphatic rings. The summed E-state index contributed by atoms with van der Waals surface area (Å²) >= 11 is 0. The fraction of sp³-hybridized carbons (Fsp3) is 0.857. The van der Waals surface area contributed by atoms with Crippen LogP contribution >= 0.6 is 0 Å². The zero-order valence-corrected chi connectivity index (χ0v) is 12.7. The molecule has 1 fully saturated rings. The van der Waals surface area contributed by atoms with E-state index in [1.165, 1.54) is 6.92 Å². The zero-order valence-electron chi connectivity index (χ0n) is 12.7. The summed E-state index contributed by atoms with van der Waals surface area (Å²) in [4.78, 5) is 25.7. The number of ketones is 1. The third-order valence-corrected chi connectivity index (χ3v) is 3.57. The molecule has 1 amide bonds. The van der Waals surface area contributed by atoms with Gasteiger partial charge in [-0.1, -0.05) is 13.8 Å². The summed E-state index contributed by atoms with van der Waals surface area (Å²) in [5.41, 5.74) is -0.140. The SMILES string of the molecule is CC(=O)C(NC(=O)CN1CCOCC1(C)C)C(C)C. The standard InChI is InChI=1S/C14H26N2O3/c1-10(2)13(11(3)17)15-12(18)8-16-6-7-19-9-14(16,4)5/h10,13H,6-9H2,1-5H3,(H,15,18). The summed E-state index contributed by atoms with van der Waals surface area (Å²) < 4.78 is 5.43. The van der Waals surface area contributed by atoms with Gasteiger partial charge in [0.2, 0.25) is 5.91 Å². The maximum absolute atomic E-state index is 12.1. The molecular weight excluding hydrogens is 244 g/mol. The third kappa shape index (κ3) is 4.58. The number of carbonyl (C=O) groups is 2. The van der Waals surface area contributed by atoms with Gasteiger partial charge >= 0.3 is 0 Å². The van der Waals surface area contributed by atoms with E-state index >= 15 is 0 Å². The minimum Gasteiger partial charge on any atom is -0.378 e. The first-order valence-corrected chi connectivity index (χ1v) is 6.86. The molecule has 1 N–H and O–H groups in total. The monoisotopic (exact) mass is 270 g/mol. The third-order valence-electron chi connectivity index (χ3n) is 3.57. The first kappa shape index (κ1) is 16.1. The van der Waals surface area contributed by atoms with E-state index in [-0.39, 0.29) is 23.1 Å². The quantitative estimate of drug-likeness (QED) is 0.804. The number of amides is 1. The van der Waals surface area contributed by atoms with Crippen molar-refractivity contribution in [1.29, 1.82) is 0 Å². The Morgan fingerprint density at radius 3 is 2.47 bits per heavy atom. The molecule has 1 saturated heterocycles. The molecule has 5 nitrogen and oxygen atoms in total. The Hall–Kier alpha value is -0.940. The summed E-state index contributed by atoms with van der Waals surface area (Å²) in [6.07, 6.45) is 0. The van der Waals surface area contributed by atoms with Crippen LogP contribution in [0, 0.1) is 5.92 Å². The molecule has 0 aliphatic carbocycles. The number of morpholine rings is 1. The molecule has 0 aromatic rings. The lowest BCUT2D eigenvalue weighted by molar-refractivity contribution is -0.131. The van der Waals surface area contributed by atoms with Gasteiger partial charge in [0.1, 0.15) is 0 Å². The lowest BCUT2D eigenvalue weighted by Gasteiger charge is -2.41. The van der Waals surface area contributed by atoms with Gasteiger partial charge in [0.25, 0.3) is 0 Å². The van der Waals surface area contributed by atoms with Crippen LogP contribution in [0.4, 0.5) is 0 Å². The lowest BCUT2D eigenvalue weighted by atomic mass is 10.00. The Labute approximate surface area is 115 Å². The molecule has 0 bridgehead atoms. The number of Topliss-reactive ketones (excluding diaryl/α,β-unsaturated/α-hetero) is 1. The number of ether oxygens (including phenoxy) is 1. The van der Waals surface area contributed by atoms with Gasteiger partial charge in [-0.15, -0.1) is 0 Å². The average Bonchev–Trinajstić information content (AvgIpc) is 2.28. The van der Waals surface area contributed by atoms with Crippen LogP contribution in [0.1, 0.15) is 34.6 Å². The first-order chi connectivity index (χ1) is 8.74. The van der Waals surface area contributed by atoms with Crippen LogP contribution in [-0.2, 0) is 14.3 Å². The van der Waals surface area contributed by atoms with Crippen molar-refractivity contribution in [2.45, 2.75) is 46.2 Å². The van der Waals surface area contributed by atoms with Gasteiger partial charge in [-0.25, -0.2) is 0 Å². The number of nitrogens with one attached hydrogen (secondary N) is 1. The van der Waals surface area contributed by atoms with Crippen LogP contribution in [0.3, 0.4) is 0 Å². The summed E-state index contributed by atoms with van der Waals surface area (Å²) in [6, 6.07) is -0.392. The number of nitrogens with zero attached hydrogens (tertiary/aromatic N) is 1. The molecule has 1 unspecified atom stereocenters. The minimum atomic E-state index is -0.392. The van der Waals surface area contributed by atoms with Crippen LogP contribution in [0.15, 0.2) is 0 Å². The summed E-state index contributed by atoms with van der Waals surface area (Å²) in [5, 5.41) is 2.83. The normalized spacial score (nSPS) is 21.2. The van der Waals surface area contributed by atoms with Gasteiger partial charge in [0, 0.05) is 12.1 Å². The molecule has 5 heteroatoms. The molecule has 0 saturated carbocycles. The van der Waals surface area contributed by atoms with Crippen LogP contribution in [0.25, 0.3) is 0 Å². The molecule has 110 valence electrons. The maximum Gasteiger partial charge on any atom is 0.234 e. The molecule has 0 aromatic heterocycles. The Kier molecular flexibility index (Phi) is 5.50. The van der Waals surface area contributed by atoms with Crippen molar-refractivity contribution in [3.8, 4) is 0 Å². The van der Waals surface area contributed by atoms with E-state index in [0.29, 0.717) is 19.8 Å². The number of hydrogen-bond donors (Lipinski definition) is 1. The van der Waals surface area contributed by atoms with E-state index in [4.69, 9.17) is 4.74 Å². The maximum atomic E-state index is 12.1. The second-order valence-corrected chi connectivity index (χ2v) is 6.19. The van der Waals surface area contributed by atoms with Crippen LogP contribution in [0.2, 0.25) is 0 Å². The molecule has 1 rings (SSSR count). The van der Waals surface area contributed by atoms with Crippen LogP contribution in [0.5, 0.6) is 0 Å². The molecule has 1 aliphatic heterocycles. The van der Waals surface area contributed by atoms with Crippen molar-refractivity contribution in [3.63, 3.8) is 0 Å². The summed E-state index contributed by atoms with van der Waals surface area (Å²) in [7, 11) is 0. The van der Waals surface area contributed by atoms with Gasteiger partial charge in [-0.05, 0) is 26.7 Å². The van der Waals surface area contributed by atoms with E-state index in [2.05, 4.69) is 24.1 Å². The Morgan fingerprint density at radius 1 is 1.37 bits per heavy atom. The largest absolute Gasteiger partial charge is 0.378 e. The number of rotatable bonds is 5. The van der Waals surface area contributed by atoms with Crippen molar-refractivity contribution in [2.75, 3.05) is 26.3 Å². The lowest BCUT2D eigenvalue weighted by Crippen LogP contribution is -2.57. The topological polar surface area (TPSA) is 58.6 Å². The Balaban J connectivity index is 2.56. The van der Waals surface area contributed by atoms with E-state index in [1.807, 2.05) is 13.8 Å². The zero-order chi connectivity index (χ0) is 14.6. The highest BCUT2D eigenvalue weighted by atomic mass is 16.5. The molecule has 0 spiro atoms. The van der Waals surface area contributed by atoms with Gasteiger partial charge in [-0.2, -0.15) is 0 Å². The molecule has 19 heavy (non-hydrogen) atoms. The average molecular weight is 270 g/mol. The number of carbonyl (C=O) groups excluding carboxylic acids is 2. The summed E-state index contributed by atoms with van der Waals surface area (Å²) in [5.74, 6) is 0.0209. The number of hydrogen-bond acceptors (Lipinski definition) is 4. The molecule has 1 atom stereocenters. The highest BCUT2D eigenvalue weighted by molar-refractivity contribution is 5.88. The van der Waals surface area contributed by atoms with Gasteiger partial charge in [0.15, 0.2) is 5.78 Å². The van der Waals surface area contributed by atoms with E-state index < -0.39 is 6.04 Å². The minimum absolute atomic E-state index is 0.00425. The second-order valence-electron chi connectivity index (χ2n) is 6.19. The first-order valence-electron chi connectivity index (χ1n) is 6.86. The van der Waals surface area contributed by atoms with E-state index in [0.717, 1.165) is 6.54 Å². The highest BCUT2D eigenvalue weighted by Gasteiger charge is 2.32. The van der Waals surface area contributed by atoms with Crippen LogP contribution in [-0.4, -0.2) is 54.5 Å². The van der Waals surface area contributed by atoms with Crippen molar-refractivity contribution in [2.24, 2.45) is 5.92 Å².